The SMILES string of the molecule is CCCCCc1ccc(C(=O)Oc2ccc(C(F)(F)F)nc2)cc1.CCCCc1ccc(C(=O)Oc2ccc(C(F)(F)F)nc2)cc1.CCCc1ccc(C(=O)Oc2ccc(C(F)(F)F)nc2)cc1.CCc1ccc(C(=O)Oc2ccc(C(F)(F)F)nc2)cc1. The molecule has 12 nitrogen and oxygen atoms in total. The normalized spacial score (nSPS) is 11.3. The van der Waals surface area contributed by atoms with Crippen molar-refractivity contribution >= 4 is 23.9 Å². The molecule has 0 aliphatic rings. The minimum absolute atomic E-state index is 0.0278. The van der Waals surface area contributed by atoms with Crippen LogP contribution in [0.15, 0.2) is 170 Å². The van der Waals surface area contributed by atoms with Gasteiger partial charge in [0.15, 0.2) is 0 Å². The molecular formula is C66H60F12N4O8. The van der Waals surface area contributed by atoms with E-state index in [0.29, 0.717) is 22.3 Å². The molecule has 476 valence electrons. The maximum atomic E-state index is 12.4. The van der Waals surface area contributed by atoms with Gasteiger partial charge in [-0.3, -0.25) is 0 Å². The molecule has 0 fully saturated rings. The molecule has 0 N–H and O–H groups in total. The topological polar surface area (TPSA) is 157 Å². The summed E-state index contributed by atoms with van der Waals surface area (Å²) in [6.45, 7) is 8.28. The Kier molecular flexibility index (Phi) is 26.7. The summed E-state index contributed by atoms with van der Waals surface area (Å²) in [5, 5.41) is 0. The molecule has 8 rings (SSSR count). The molecule has 0 saturated carbocycles. The highest BCUT2D eigenvalue weighted by Gasteiger charge is 2.35. The molecule has 4 aromatic carbocycles. The van der Waals surface area contributed by atoms with Crippen LogP contribution in [0.5, 0.6) is 23.0 Å². The predicted molar refractivity (Wildman–Crippen MR) is 308 cm³/mol. The van der Waals surface area contributed by atoms with Crippen molar-refractivity contribution in [2.45, 2.75) is 117 Å². The summed E-state index contributed by atoms with van der Waals surface area (Å²) >= 11 is 0. The molecule has 0 spiro atoms. The molecule has 90 heavy (non-hydrogen) atoms. The van der Waals surface area contributed by atoms with Crippen molar-refractivity contribution in [1.82, 2.24) is 19.9 Å². The largest absolute Gasteiger partial charge is 0.433 e. The van der Waals surface area contributed by atoms with Crippen molar-refractivity contribution in [2.75, 3.05) is 0 Å². The first kappa shape index (κ1) is 71.3. The monoisotopic (exact) mass is 1260 g/mol. The van der Waals surface area contributed by atoms with Gasteiger partial charge in [-0.05, 0) is 158 Å². The second-order valence-corrected chi connectivity index (χ2v) is 19.5. The van der Waals surface area contributed by atoms with Crippen molar-refractivity contribution in [3.8, 4) is 23.0 Å². The summed E-state index contributed by atoms with van der Waals surface area (Å²) in [7, 11) is 0. The lowest BCUT2D eigenvalue weighted by atomic mass is 10.1. The summed E-state index contributed by atoms with van der Waals surface area (Å²) in [5.41, 5.74) is 1.65. The number of aromatic nitrogens is 4. The second-order valence-electron chi connectivity index (χ2n) is 19.5. The highest BCUT2D eigenvalue weighted by molar-refractivity contribution is 5.92. The first-order valence-electron chi connectivity index (χ1n) is 28.0. The molecule has 0 atom stereocenters. The Morgan fingerprint density at radius 3 is 0.756 bits per heavy atom. The molecule has 24 heteroatoms. The number of hydrogen-bond acceptors (Lipinski definition) is 12. The molecule has 0 aliphatic heterocycles. The maximum absolute atomic E-state index is 12.4. The number of rotatable bonds is 18. The summed E-state index contributed by atoms with van der Waals surface area (Å²) < 4.78 is 169. The molecule has 0 saturated heterocycles. The number of ether oxygens (including phenoxy) is 4. The van der Waals surface area contributed by atoms with E-state index in [4.69, 9.17) is 18.9 Å². The van der Waals surface area contributed by atoms with Gasteiger partial charge < -0.3 is 18.9 Å². The third kappa shape index (κ3) is 23.9. The Hall–Kier alpha value is -9.48. The van der Waals surface area contributed by atoms with Gasteiger partial charge in [-0.15, -0.1) is 0 Å². The summed E-state index contributed by atoms with van der Waals surface area (Å²) in [6, 6.07) is 35.1. The number of hydrogen-bond donors (Lipinski definition) is 0. The minimum atomic E-state index is -4.52. The molecule has 0 amide bonds. The second kappa shape index (κ2) is 33.8. The average Bonchev–Trinajstić information content (AvgIpc) is 1.47. The number of carbonyl (C=O) groups is 4. The Morgan fingerprint density at radius 1 is 0.300 bits per heavy atom. The van der Waals surface area contributed by atoms with E-state index in [2.05, 4.69) is 40.7 Å². The van der Waals surface area contributed by atoms with Gasteiger partial charge in [0.1, 0.15) is 45.8 Å². The molecule has 4 heterocycles. The van der Waals surface area contributed by atoms with Crippen LogP contribution in [0.4, 0.5) is 52.7 Å². The van der Waals surface area contributed by atoms with Gasteiger partial charge in [0.05, 0.1) is 47.0 Å². The number of pyridine rings is 4. The van der Waals surface area contributed by atoms with Crippen LogP contribution in [-0.2, 0) is 50.4 Å². The number of carbonyl (C=O) groups excluding carboxylic acids is 4. The molecule has 4 aromatic heterocycles. The van der Waals surface area contributed by atoms with E-state index in [1.54, 1.807) is 60.7 Å². The van der Waals surface area contributed by atoms with Crippen molar-refractivity contribution in [3.05, 3.63) is 238 Å². The zero-order chi connectivity index (χ0) is 66.1. The van der Waals surface area contributed by atoms with E-state index in [-0.39, 0.29) is 23.0 Å². The number of esters is 4. The fourth-order valence-corrected chi connectivity index (χ4v) is 7.64. The van der Waals surface area contributed by atoms with Crippen LogP contribution in [0, 0.1) is 0 Å². The number of aryl methyl sites for hydroxylation is 4. The molecule has 0 radical (unpaired) electrons. The van der Waals surface area contributed by atoms with Crippen LogP contribution in [0.2, 0.25) is 0 Å². The molecule has 0 unspecified atom stereocenters. The number of unbranched alkanes of at least 4 members (excludes halogenated alkanes) is 3. The lowest BCUT2D eigenvalue weighted by molar-refractivity contribution is -0.142. The number of alkyl halides is 12. The first-order valence-corrected chi connectivity index (χ1v) is 28.0. The minimum Gasteiger partial charge on any atom is -0.421 e. The number of benzene rings is 4. The van der Waals surface area contributed by atoms with Gasteiger partial charge in [0, 0.05) is 0 Å². The smallest absolute Gasteiger partial charge is 0.421 e. The van der Waals surface area contributed by atoms with Crippen LogP contribution < -0.4 is 18.9 Å². The van der Waals surface area contributed by atoms with Gasteiger partial charge in [-0.2, -0.15) is 52.7 Å². The summed E-state index contributed by atoms with van der Waals surface area (Å²) in [4.78, 5) is 60.6. The van der Waals surface area contributed by atoms with Crippen LogP contribution in [0.25, 0.3) is 0 Å². The molecule has 8 aromatic rings. The quantitative estimate of drug-likeness (QED) is 0.0456. The number of nitrogens with zero attached hydrogens (tertiary/aromatic N) is 4. The first-order chi connectivity index (χ1) is 42.6. The Balaban J connectivity index is 0.000000218. The van der Waals surface area contributed by atoms with E-state index < -0.39 is 71.4 Å². The van der Waals surface area contributed by atoms with Crippen LogP contribution in [-0.4, -0.2) is 43.8 Å². The van der Waals surface area contributed by atoms with Gasteiger partial charge in [0.25, 0.3) is 0 Å². The zero-order valence-corrected chi connectivity index (χ0v) is 48.8. The molecule has 0 bridgehead atoms. The fraction of sp³-hybridized carbons (Fsp3) is 0.273. The standard InChI is InChI=1S/C18H18F3NO2.C17H16F3NO2.C16H14F3NO2.C15H12F3NO2/c1-2-3-4-5-13-6-8-14(9-7-13)17(23)24-15-10-11-16(22-12-15)18(19,20)21;1-2-3-4-12-5-7-13(8-6-12)16(22)23-14-9-10-15(21-11-14)17(18,19)20;1-2-3-11-4-6-12(7-5-11)15(21)22-13-8-9-14(20-10-13)16(17,18)19;1-2-10-3-5-11(6-4-10)14(20)21-12-7-8-13(19-9-12)15(16,17)18/h6-12H,2-5H2,1H3;5-11H,2-4H2,1H3;4-10H,2-3H2,1H3;3-9H,2H2,1H3. The third-order valence-electron chi connectivity index (χ3n) is 12.5. The highest BCUT2D eigenvalue weighted by atomic mass is 19.4. The van der Waals surface area contributed by atoms with Gasteiger partial charge in [0.2, 0.25) is 0 Å². The van der Waals surface area contributed by atoms with Crippen molar-refractivity contribution in [1.29, 1.82) is 0 Å². The van der Waals surface area contributed by atoms with E-state index >= 15 is 0 Å². The van der Waals surface area contributed by atoms with Crippen LogP contribution in [0.1, 0.15) is 153 Å². The Bertz CT molecular complexity index is 3510. The maximum Gasteiger partial charge on any atom is 0.433 e. The van der Waals surface area contributed by atoms with Gasteiger partial charge >= 0.3 is 48.6 Å². The summed E-state index contributed by atoms with van der Waals surface area (Å²) in [6.07, 6.45) is -4.33. The zero-order valence-electron chi connectivity index (χ0n) is 48.8. The fourth-order valence-electron chi connectivity index (χ4n) is 7.64. The molecular weight excluding hydrogens is 1200 g/mol. The van der Waals surface area contributed by atoms with E-state index in [9.17, 15) is 71.9 Å². The van der Waals surface area contributed by atoms with Crippen LogP contribution >= 0.6 is 0 Å². The molecule has 0 aliphatic carbocycles. The van der Waals surface area contributed by atoms with E-state index in [1.165, 1.54) is 0 Å². The highest BCUT2D eigenvalue weighted by Crippen LogP contribution is 2.32. The third-order valence-corrected chi connectivity index (χ3v) is 12.5. The van der Waals surface area contributed by atoms with Gasteiger partial charge in [-0.1, -0.05) is 102 Å². The predicted octanol–water partition coefficient (Wildman–Crippen LogP) is 17.9. The van der Waals surface area contributed by atoms with E-state index in [1.807, 2.05) is 43.3 Å². The van der Waals surface area contributed by atoms with Crippen molar-refractivity contribution < 1.29 is 90.8 Å². The van der Waals surface area contributed by atoms with E-state index in [0.717, 1.165) is 160 Å². The summed E-state index contributed by atoms with van der Waals surface area (Å²) in [5.74, 6) is -2.66. The van der Waals surface area contributed by atoms with Crippen molar-refractivity contribution in [3.63, 3.8) is 0 Å². The number of halogens is 12. The average molecular weight is 1270 g/mol. The van der Waals surface area contributed by atoms with Crippen molar-refractivity contribution in [2.24, 2.45) is 0 Å². The lowest BCUT2D eigenvalue weighted by Crippen LogP contribution is -2.10. The lowest BCUT2D eigenvalue weighted by Gasteiger charge is -2.08. The van der Waals surface area contributed by atoms with Crippen LogP contribution in [0.3, 0.4) is 0 Å². The van der Waals surface area contributed by atoms with Gasteiger partial charge in [-0.25, -0.2) is 39.1 Å². The Labute approximate surface area is 510 Å². The Morgan fingerprint density at radius 2 is 0.544 bits per heavy atom.